The number of carbonyl (C=O) groups excluding carboxylic acids is 1. The van der Waals surface area contributed by atoms with Crippen molar-refractivity contribution < 1.29 is 18.7 Å². The second kappa shape index (κ2) is 10.3. The summed E-state index contributed by atoms with van der Waals surface area (Å²) >= 11 is 3.54. The van der Waals surface area contributed by atoms with Crippen molar-refractivity contribution in [2.45, 2.75) is 6.61 Å². The molecule has 0 spiro atoms. The molecule has 1 amide bonds. The molecule has 0 saturated heterocycles. The Morgan fingerprint density at radius 1 is 1.06 bits per heavy atom. The number of hydrogen-bond acceptors (Lipinski definition) is 4. The summed E-state index contributed by atoms with van der Waals surface area (Å²) in [5.41, 5.74) is 4.49. The lowest BCUT2D eigenvalue weighted by Gasteiger charge is -2.14. The first-order valence-electron chi connectivity index (χ1n) is 10.1. The van der Waals surface area contributed by atoms with Gasteiger partial charge in [-0.3, -0.25) is 4.79 Å². The molecule has 0 radical (unpaired) electrons. The summed E-state index contributed by atoms with van der Waals surface area (Å²) in [6, 6.07) is 23.1. The summed E-state index contributed by atoms with van der Waals surface area (Å²) in [5, 5.41) is 6.27. The highest BCUT2D eigenvalue weighted by atomic mass is 79.9. The third kappa shape index (κ3) is 5.38. The molecule has 0 fully saturated rings. The number of hydrazone groups is 1. The number of methoxy groups -OCH3 is 1. The minimum atomic E-state index is -0.438. The molecule has 0 aliphatic heterocycles. The summed E-state index contributed by atoms with van der Waals surface area (Å²) in [7, 11) is 1.56. The van der Waals surface area contributed by atoms with Gasteiger partial charge in [0.05, 0.1) is 17.8 Å². The average Bonchev–Trinajstić information content (AvgIpc) is 2.83. The van der Waals surface area contributed by atoms with E-state index in [1.165, 1.54) is 30.5 Å². The van der Waals surface area contributed by atoms with Gasteiger partial charge >= 0.3 is 0 Å². The Morgan fingerprint density at radius 3 is 2.61 bits per heavy atom. The summed E-state index contributed by atoms with van der Waals surface area (Å²) in [6.07, 6.45) is 1.49. The van der Waals surface area contributed by atoms with Gasteiger partial charge in [-0.1, -0.05) is 42.5 Å². The van der Waals surface area contributed by atoms with Crippen LogP contribution in [0.2, 0.25) is 0 Å². The topological polar surface area (TPSA) is 59.9 Å². The van der Waals surface area contributed by atoms with E-state index in [0.29, 0.717) is 33.7 Å². The molecule has 0 bridgehead atoms. The lowest BCUT2D eigenvalue weighted by atomic mass is 10.1. The van der Waals surface area contributed by atoms with Crippen LogP contribution in [-0.2, 0) is 6.61 Å². The summed E-state index contributed by atoms with van der Waals surface area (Å²) < 4.78 is 25.3. The fourth-order valence-corrected chi connectivity index (χ4v) is 3.93. The Hall–Kier alpha value is -3.71. The molecule has 166 valence electrons. The predicted octanol–water partition coefficient (Wildman–Crippen LogP) is 6.09. The maximum absolute atomic E-state index is 13.0. The number of nitrogens with zero attached hydrogens (tertiary/aromatic N) is 1. The van der Waals surface area contributed by atoms with Crippen molar-refractivity contribution in [3.05, 3.63) is 106 Å². The van der Waals surface area contributed by atoms with Crippen LogP contribution >= 0.6 is 15.9 Å². The minimum Gasteiger partial charge on any atom is -0.493 e. The third-order valence-electron chi connectivity index (χ3n) is 4.99. The number of halogens is 2. The number of rotatable bonds is 7. The van der Waals surface area contributed by atoms with Gasteiger partial charge < -0.3 is 9.47 Å². The molecule has 0 atom stereocenters. The van der Waals surface area contributed by atoms with Crippen LogP contribution in [0.25, 0.3) is 10.8 Å². The quantitative estimate of drug-likeness (QED) is 0.243. The van der Waals surface area contributed by atoms with Crippen LogP contribution in [0.1, 0.15) is 21.5 Å². The van der Waals surface area contributed by atoms with Crippen molar-refractivity contribution in [2.24, 2.45) is 5.10 Å². The monoisotopic (exact) mass is 506 g/mol. The second-order valence-corrected chi connectivity index (χ2v) is 8.02. The first kappa shape index (κ1) is 22.5. The standard InChI is InChI=1S/C26H20BrFN2O3/c1-32-24-14-17(15-29-30-26(31)19-9-11-21(28)12-10-19)13-23(27)25(24)33-16-20-7-4-6-18-5-2-3-8-22(18)20/h2-15H,16H2,1H3,(H,30,31). The van der Waals surface area contributed by atoms with Crippen LogP contribution in [0.5, 0.6) is 11.5 Å². The highest BCUT2D eigenvalue weighted by molar-refractivity contribution is 9.10. The van der Waals surface area contributed by atoms with Gasteiger partial charge in [0.15, 0.2) is 11.5 Å². The Kier molecular flexibility index (Phi) is 7.00. The summed E-state index contributed by atoms with van der Waals surface area (Å²) in [5.74, 6) is 0.246. The molecule has 0 aromatic heterocycles. The summed E-state index contributed by atoms with van der Waals surface area (Å²) in [4.78, 5) is 12.1. The molecule has 4 rings (SSSR count). The van der Waals surface area contributed by atoms with E-state index in [0.717, 1.165) is 16.3 Å². The van der Waals surface area contributed by atoms with E-state index >= 15 is 0 Å². The minimum absolute atomic E-state index is 0.310. The highest BCUT2D eigenvalue weighted by Gasteiger charge is 2.12. The number of benzene rings is 4. The molecular formula is C26H20BrFN2O3. The molecule has 33 heavy (non-hydrogen) atoms. The number of nitrogens with one attached hydrogen (secondary N) is 1. The van der Waals surface area contributed by atoms with Crippen molar-refractivity contribution in [2.75, 3.05) is 7.11 Å². The largest absolute Gasteiger partial charge is 0.493 e. The molecule has 4 aromatic rings. The average molecular weight is 507 g/mol. The van der Waals surface area contributed by atoms with Gasteiger partial charge in [0.2, 0.25) is 0 Å². The number of amides is 1. The molecule has 1 N–H and O–H groups in total. The molecule has 0 aliphatic carbocycles. The van der Waals surface area contributed by atoms with Gasteiger partial charge in [-0.05, 0) is 74.2 Å². The van der Waals surface area contributed by atoms with Gasteiger partial charge in [0, 0.05) is 5.56 Å². The molecule has 7 heteroatoms. The third-order valence-corrected chi connectivity index (χ3v) is 5.58. The van der Waals surface area contributed by atoms with Gasteiger partial charge in [0.1, 0.15) is 12.4 Å². The van der Waals surface area contributed by atoms with Crippen molar-refractivity contribution >= 4 is 38.8 Å². The zero-order chi connectivity index (χ0) is 23.2. The van der Waals surface area contributed by atoms with Crippen LogP contribution in [0.3, 0.4) is 0 Å². The smallest absolute Gasteiger partial charge is 0.271 e. The van der Waals surface area contributed by atoms with E-state index in [2.05, 4.69) is 44.7 Å². The van der Waals surface area contributed by atoms with Gasteiger partial charge in [0.25, 0.3) is 5.91 Å². The first-order chi connectivity index (χ1) is 16.0. The van der Waals surface area contributed by atoms with Crippen molar-refractivity contribution in [3.8, 4) is 11.5 Å². The van der Waals surface area contributed by atoms with Crippen molar-refractivity contribution in [3.63, 3.8) is 0 Å². The van der Waals surface area contributed by atoms with Crippen LogP contribution < -0.4 is 14.9 Å². The number of ether oxygens (including phenoxy) is 2. The second-order valence-electron chi connectivity index (χ2n) is 7.17. The van der Waals surface area contributed by atoms with E-state index in [-0.39, 0.29) is 0 Å². The van der Waals surface area contributed by atoms with Gasteiger partial charge in [-0.25, -0.2) is 9.82 Å². The maximum Gasteiger partial charge on any atom is 0.271 e. The molecule has 4 aromatic carbocycles. The molecule has 5 nitrogen and oxygen atoms in total. The zero-order valence-corrected chi connectivity index (χ0v) is 19.3. The van der Waals surface area contributed by atoms with E-state index < -0.39 is 11.7 Å². The van der Waals surface area contributed by atoms with E-state index in [4.69, 9.17) is 9.47 Å². The van der Waals surface area contributed by atoms with Crippen LogP contribution in [0.4, 0.5) is 4.39 Å². The number of hydrogen-bond donors (Lipinski definition) is 1. The highest BCUT2D eigenvalue weighted by Crippen LogP contribution is 2.37. The predicted molar refractivity (Wildman–Crippen MR) is 130 cm³/mol. The normalized spacial score (nSPS) is 11.0. The lowest BCUT2D eigenvalue weighted by molar-refractivity contribution is 0.0955. The first-order valence-corrected chi connectivity index (χ1v) is 10.9. The Labute approximate surface area is 199 Å². The van der Waals surface area contributed by atoms with Gasteiger partial charge in [-0.2, -0.15) is 5.10 Å². The van der Waals surface area contributed by atoms with E-state index in [9.17, 15) is 9.18 Å². The molecule has 0 aliphatic rings. The molecule has 0 unspecified atom stereocenters. The maximum atomic E-state index is 13.0. The fourth-order valence-electron chi connectivity index (χ4n) is 3.35. The van der Waals surface area contributed by atoms with E-state index in [1.807, 2.05) is 30.3 Å². The van der Waals surface area contributed by atoms with Gasteiger partial charge in [-0.15, -0.1) is 0 Å². The van der Waals surface area contributed by atoms with Crippen LogP contribution in [-0.4, -0.2) is 19.2 Å². The molecule has 0 saturated carbocycles. The Bertz CT molecular complexity index is 1320. The fraction of sp³-hybridized carbons (Fsp3) is 0.0769. The number of carbonyl (C=O) groups is 1. The van der Waals surface area contributed by atoms with Crippen molar-refractivity contribution in [1.29, 1.82) is 0 Å². The zero-order valence-electron chi connectivity index (χ0n) is 17.7. The van der Waals surface area contributed by atoms with Crippen LogP contribution in [0, 0.1) is 5.82 Å². The van der Waals surface area contributed by atoms with E-state index in [1.54, 1.807) is 13.2 Å². The SMILES string of the molecule is COc1cc(C=NNC(=O)c2ccc(F)cc2)cc(Br)c1OCc1cccc2ccccc12. The summed E-state index contributed by atoms with van der Waals surface area (Å²) in [6.45, 7) is 0.372. The Balaban J connectivity index is 1.47. The lowest BCUT2D eigenvalue weighted by Crippen LogP contribution is -2.17. The number of fused-ring (bicyclic) bond motifs is 1. The van der Waals surface area contributed by atoms with Crippen molar-refractivity contribution in [1.82, 2.24) is 5.43 Å². The van der Waals surface area contributed by atoms with Crippen LogP contribution in [0.15, 0.2) is 88.4 Å². The Morgan fingerprint density at radius 2 is 1.82 bits per heavy atom. The molecule has 0 heterocycles. The molecular weight excluding hydrogens is 487 g/mol.